The number of alkyl halides is 3. The van der Waals surface area contributed by atoms with Crippen molar-refractivity contribution in [3.05, 3.63) is 82.7 Å². The highest BCUT2D eigenvalue weighted by atomic mass is 19.4. The molecule has 1 unspecified atom stereocenters. The SMILES string of the molecule is CC(C)C(/C=C(\N)C(F)(F)F)=Nc1ccc(C(C)Oc2nc(-c3ccccc3C(C)C)nc3c2CCCCC3)cc1. The molecule has 1 heterocycles. The molecule has 0 saturated heterocycles. The molecule has 1 aliphatic rings. The van der Waals surface area contributed by atoms with Gasteiger partial charge in [0.15, 0.2) is 5.82 Å². The van der Waals surface area contributed by atoms with Crippen molar-refractivity contribution in [2.45, 2.75) is 84.9 Å². The Hall–Kier alpha value is -3.68. The fourth-order valence-electron chi connectivity index (χ4n) is 4.93. The minimum absolute atomic E-state index is 0.235. The van der Waals surface area contributed by atoms with Gasteiger partial charge < -0.3 is 10.5 Å². The summed E-state index contributed by atoms with van der Waals surface area (Å²) in [6.07, 6.45) is 1.08. The number of benzene rings is 2. The normalized spacial score (nSPS) is 15.6. The lowest BCUT2D eigenvalue weighted by molar-refractivity contribution is -0.0925. The lowest BCUT2D eigenvalue weighted by Crippen LogP contribution is -2.21. The van der Waals surface area contributed by atoms with Crippen molar-refractivity contribution in [3.8, 4) is 17.3 Å². The Morgan fingerprint density at radius 3 is 2.27 bits per heavy atom. The van der Waals surface area contributed by atoms with E-state index in [9.17, 15) is 13.2 Å². The van der Waals surface area contributed by atoms with Crippen molar-refractivity contribution < 1.29 is 17.9 Å². The first-order valence-corrected chi connectivity index (χ1v) is 14.3. The van der Waals surface area contributed by atoms with Crippen LogP contribution in [0.1, 0.15) is 88.3 Å². The van der Waals surface area contributed by atoms with E-state index in [-0.39, 0.29) is 17.7 Å². The molecule has 0 saturated carbocycles. The third-order valence-electron chi connectivity index (χ3n) is 7.35. The highest BCUT2D eigenvalue weighted by molar-refractivity contribution is 5.98. The van der Waals surface area contributed by atoms with Gasteiger partial charge in [0.1, 0.15) is 11.8 Å². The molecular formula is C33H39F3N4O. The third kappa shape index (κ3) is 7.54. The van der Waals surface area contributed by atoms with Crippen LogP contribution in [0.3, 0.4) is 0 Å². The van der Waals surface area contributed by atoms with Crippen molar-refractivity contribution in [2.24, 2.45) is 16.6 Å². The smallest absolute Gasteiger partial charge is 0.430 e. The minimum atomic E-state index is -4.60. The second kappa shape index (κ2) is 12.9. The van der Waals surface area contributed by atoms with Crippen molar-refractivity contribution >= 4 is 11.4 Å². The summed E-state index contributed by atoms with van der Waals surface area (Å²) in [5.74, 6) is 1.40. The standard InChI is InChI=1S/C33H39F3N4O/c1-20(2)25-11-9-10-12-26(25)31-39-28-14-8-6-7-13-27(28)32(40-31)41-22(5)23-15-17-24(18-16-23)38-29(21(3)4)19-30(37)33(34,35)36/h9-12,15-22H,6-8,13-14,37H2,1-5H3/b30-19-,38-29?. The minimum Gasteiger partial charge on any atom is -0.469 e. The van der Waals surface area contributed by atoms with E-state index < -0.39 is 11.9 Å². The van der Waals surface area contributed by atoms with Gasteiger partial charge in [-0.15, -0.1) is 0 Å². The molecular weight excluding hydrogens is 525 g/mol. The summed E-state index contributed by atoms with van der Waals surface area (Å²) in [6.45, 7) is 9.86. The average molecular weight is 565 g/mol. The number of fused-ring (bicyclic) bond motifs is 1. The molecule has 41 heavy (non-hydrogen) atoms. The number of aryl methyl sites for hydroxylation is 1. The van der Waals surface area contributed by atoms with E-state index in [2.05, 4.69) is 31.0 Å². The molecule has 1 aliphatic carbocycles. The maximum absolute atomic E-state index is 13.0. The molecule has 5 nitrogen and oxygen atoms in total. The molecule has 0 bridgehead atoms. The van der Waals surface area contributed by atoms with Crippen molar-refractivity contribution in [2.75, 3.05) is 0 Å². The number of aliphatic imine (C=N–C) groups is 1. The first-order chi connectivity index (χ1) is 19.4. The number of aromatic nitrogens is 2. The van der Waals surface area contributed by atoms with Gasteiger partial charge in [0, 0.05) is 16.8 Å². The molecule has 4 rings (SSSR count). The highest BCUT2D eigenvalue weighted by Gasteiger charge is 2.32. The van der Waals surface area contributed by atoms with Crippen LogP contribution in [0.15, 0.2) is 65.3 Å². The van der Waals surface area contributed by atoms with Crippen LogP contribution in [0, 0.1) is 5.92 Å². The molecule has 2 N–H and O–H groups in total. The van der Waals surface area contributed by atoms with Crippen molar-refractivity contribution in [1.82, 2.24) is 9.97 Å². The van der Waals surface area contributed by atoms with Crippen LogP contribution < -0.4 is 10.5 Å². The predicted molar refractivity (Wildman–Crippen MR) is 159 cm³/mol. The molecule has 2 aromatic carbocycles. The maximum atomic E-state index is 13.0. The third-order valence-corrected chi connectivity index (χ3v) is 7.35. The zero-order chi connectivity index (χ0) is 29.7. The van der Waals surface area contributed by atoms with E-state index in [0.29, 0.717) is 23.3 Å². The second-order valence-electron chi connectivity index (χ2n) is 11.2. The fraction of sp³-hybridized carbons (Fsp3) is 0.424. The molecule has 8 heteroatoms. The Kier molecular flexibility index (Phi) is 9.51. The number of ether oxygens (including phenoxy) is 1. The molecule has 0 spiro atoms. The lowest BCUT2D eigenvalue weighted by Gasteiger charge is -2.20. The molecule has 1 atom stereocenters. The number of allylic oxidation sites excluding steroid dienone is 2. The Balaban J connectivity index is 1.64. The molecule has 218 valence electrons. The molecule has 0 amide bonds. The Morgan fingerprint density at radius 1 is 0.927 bits per heavy atom. The number of hydrogen-bond acceptors (Lipinski definition) is 5. The van der Waals surface area contributed by atoms with Crippen LogP contribution in [-0.2, 0) is 12.8 Å². The van der Waals surface area contributed by atoms with Gasteiger partial charge in [0.2, 0.25) is 5.88 Å². The molecule has 0 aliphatic heterocycles. The summed E-state index contributed by atoms with van der Waals surface area (Å²) in [7, 11) is 0. The van der Waals surface area contributed by atoms with Gasteiger partial charge in [0.25, 0.3) is 0 Å². The summed E-state index contributed by atoms with van der Waals surface area (Å²) in [5, 5.41) is 0. The van der Waals surface area contributed by atoms with E-state index in [1.54, 1.807) is 26.0 Å². The fourth-order valence-corrected chi connectivity index (χ4v) is 4.93. The number of nitrogens with zero attached hydrogens (tertiary/aromatic N) is 3. The molecule has 0 radical (unpaired) electrons. The zero-order valence-corrected chi connectivity index (χ0v) is 24.4. The number of nitrogens with two attached hydrogens (primary N) is 1. The monoisotopic (exact) mass is 564 g/mol. The van der Waals surface area contributed by atoms with Crippen LogP contribution in [0.4, 0.5) is 18.9 Å². The molecule has 1 aromatic heterocycles. The van der Waals surface area contributed by atoms with E-state index in [0.717, 1.165) is 60.6 Å². The average Bonchev–Trinajstić information content (AvgIpc) is 3.18. The number of halogens is 3. The first-order valence-electron chi connectivity index (χ1n) is 14.3. The number of rotatable bonds is 8. The molecule has 0 fully saturated rings. The van der Waals surface area contributed by atoms with E-state index in [1.165, 1.54) is 5.56 Å². The van der Waals surface area contributed by atoms with Crippen LogP contribution in [0.5, 0.6) is 5.88 Å². The van der Waals surface area contributed by atoms with Gasteiger partial charge in [-0.05, 0) is 73.8 Å². The van der Waals surface area contributed by atoms with Gasteiger partial charge >= 0.3 is 6.18 Å². The zero-order valence-electron chi connectivity index (χ0n) is 24.4. The second-order valence-corrected chi connectivity index (χ2v) is 11.2. The Labute approximate surface area is 240 Å². The quantitative estimate of drug-likeness (QED) is 0.219. The summed E-state index contributed by atoms with van der Waals surface area (Å²) < 4.78 is 45.4. The number of hydrogen-bond donors (Lipinski definition) is 1. The summed E-state index contributed by atoms with van der Waals surface area (Å²) in [4.78, 5) is 14.4. The van der Waals surface area contributed by atoms with Gasteiger partial charge in [0.05, 0.1) is 11.4 Å². The first kappa shape index (κ1) is 30.3. The topological polar surface area (TPSA) is 73.4 Å². The van der Waals surface area contributed by atoms with Crippen LogP contribution in [-0.4, -0.2) is 21.9 Å². The summed E-state index contributed by atoms with van der Waals surface area (Å²) in [6, 6.07) is 15.6. The predicted octanol–water partition coefficient (Wildman–Crippen LogP) is 8.81. The van der Waals surface area contributed by atoms with E-state index in [4.69, 9.17) is 20.4 Å². The highest BCUT2D eigenvalue weighted by Crippen LogP contribution is 2.34. The summed E-state index contributed by atoms with van der Waals surface area (Å²) in [5.41, 5.74) is 10.1. The van der Waals surface area contributed by atoms with Gasteiger partial charge in [-0.3, -0.25) is 4.99 Å². The Bertz CT molecular complexity index is 1410. The van der Waals surface area contributed by atoms with E-state index in [1.807, 2.05) is 31.2 Å². The van der Waals surface area contributed by atoms with Gasteiger partial charge in [-0.1, -0.05) is 70.5 Å². The maximum Gasteiger partial charge on any atom is 0.430 e. The van der Waals surface area contributed by atoms with Crippen LogP contribution >= 0.6 is 0 Å². The van der Waals surface area contributed by atoms with Crippen LogP contribution in [0.2, 0.25) is 0 Å². The van der Waals surface area contributed by atoms with Crippen molar-refractivity contribution in [1.29, 1.82) is 0 Å². The molecule has 3 aromatic rings. The largest absolute Gasteiger partial charge is 0.469 e. The van der Waals surface area contributed by atoms with Gasteiger partial charge in [-0.2, -0.15) is 18.2 Å². The van der Waals surface area contributed by atoms with Gasteiger partial charge in [-0.25, -0.2) is 4.98 Å². The summed E-state index contributed by atoms with van der Waals surface area (Å²) >= 11 is 0. The van der Waals surface area contributed by atoms with E-state index >= 15 is 0 Å². The van der Waals surface area contributed by atoms with Crippen molar-refractivity contribution in [3.63, 3.8) is 0 Å². The Morgan fingerprint density at radius 2 is 1.61 bits per heavy atom. The van der Waals surface area contributed by atoms with Crippen LogP contribution in [0.25, 0.3) is 11.4 Å². The lowest BCUT2D eigenvalue weighted by atomic mass is 9.96.